The minimum atomic E-state index is -0.577. The molecule has 0 saturated carbocycles. The zero-order chi connectivity index (χ0) is 17.4. The summed E-state index contributed by atoms with van der Waals surface area (Å²) in [6.45, 7) is 7.10. The van der Waals surface area contributed by atoms with Crippen molar-refractivity contribution < 1.29 is 14.3 Å². The molecule has 7 heteroatoms. The monoisotopic (exact) mass is 352 g/mol. The van der Waals surface area contributed by atoms with Crippen LogP contribution < -0.4 is 5.73 Å². The van der Waals surface area contributed by atoms with E-state index < -0.39 is 16.8 Å². The molecule has 0 amide bonds. The Kier molecular flexibility index (Phi) is 4.77. The van der Waals surface area contributed by atoms with Crippen molar-refractivity contribution in [1.29, 1.82) is 0 Å². The summed E-state index contributed by atoms with van der Waals surface area (Å²) in [6, 6.07) is 4.86. The number of nitrogens with zero attached hydrogens (tertiary/aromatic N) is 1. The molecular weight excluding hydrogens is 336 g/mol. The summed E-state index contributed by atoms with van der Waals surface area (Å²) in [5.41, 5.74) is 7.41. The van der Waals surface area contributed by atoms with E-state index in [9.17, 15) is 9.59 Å². The highest BCUT2D eigenvalue weighted by molar-refractivity contribution is 7.18. The second-order valence-electron chi connectivity index (χ2n) is 6.01. The lowest BCUT2D eigenvalue weighted by Gasteiger charge is -2.19. The van der Waals surface area contributed by atoms with Gasteiger partial charge in [-0.05, 0) is 57.5 Å². The number of rotatable bonds is 3. The van der Waals surface area contributed by atoms with Crippen LogP contribution in [-0.4, -0.2) is 21.8 Å². The molecular formula is C16H17ClN2O3S. The number of nitrogen functional groups attached to an aromatic ring is 1. The Morgan fingerprint density at radius 2 is 1.96 bits per heavy atom. The van der Waals surface area contributed by atoms with Crippen molar-refractivity contribution in [3.8, 4) is 10.6 Å². The highest BCUT2D eigenvalue weighted by Gasteiger charge is 2.20. The molecule has 2 N–H and O–H groups in total. The number of aromatic nitrogens is 1. The molecule has 0 radical (unpaired) electrons. The van der Waals surface area contributed by atoms with Crippen LogP contribution in [0.4, 0.5) is 5.69 Å². The van der Waals surface area contributed by atoms with Crippen molar-refractivity contribution >= 4 is 39.8 Å². The molecule has 23 heavy (non-hydrogen) atoms. The Labute approximate surface area is 143 Å². The van der Waals surface area contributed by atoms with Crippen LogP contribution in [0.25, 0.3) is 10.6 Å². The summed E-state index contributed by atoms with van der Waals surface area (Å²) in [4.78, 5) is 28.1. The number of nitrogens with two attached hydrogens (primary N) is 1. The van der Waals surface area contributed by atoms with Crippen LogP contribution in [0.1, 0.15) is 46.5 Å². The molecule has 1 aromatic carbocycles. The Balaban J connectivity index is 2.35. The number of halogens is 1. The lowest BCUT2D eigenvalue weighted by Crippen LogP contribution is -2.23. The van der Waals surface area contributed by atoms with Gasteiger partial charge in [-0.25, -0.2) is 9.78 Å². The molecule has 0 saturated heterocycles. The molecule has 0 fully saturated rings. The maximum absolute atomic E-state index is 12.1. The summed E-state index contributed by atoms with van der Waals surface area (Å²) < 4.78 is 5.31. The molecule has 1 heterocycles. The minimum Gasteiger partial charge on any atom is -0.456 e. The Hall–Kier alpha value is -1.92. The molecule has 5 nitrogen and oxygen atoms in total. The molecule has 2 aromatic rings. The maximum atomic E-state index is 12.1. The second-order valence-corrected chi connectivity index (χ2v) is 7.35. The number of benzene rings is 1. The summed E-state index contributed by atoms with van der Waals surface area (Å²) in [7, 11) is 0. The van der Waals surface area contributed by atoms with Crippen LogP contribution in [0.5, 0.6) is 0 Å². The lowest BCUT2D eigenvalue weighted by atomic mass is 10.1. The van der Waals surface area contributed by atoms with E-state index in [0.717, 1.165) is 0 Å². The van der Waals surface area contributed by atoms with Gasteiger partial charge in [-0.1, -0.05) is 0 Å². The average Bonchev–Trinajstić information content (AvgIpc) is 2.78. The number of thiazole rings is 1. The minimum absolute atomic E-state index is 0.364. The number of hydrogen-bond acceptors (Lipinski definition) is 6. The van der Waals surface area contributed by atoms with E-state index in [0.29, 0.717) is 32.4 Å². The number of ether oxygens (including phenoxy) is 1. The number of anilines is 1. The number of hydrogen-bond donors (Lipinski definition) is 1. The van der Waals surface area contributed by atoms with Crippen LogP contribution in [0.3, 0.4) is 0 Å². The largest absolute Gasteiger partial charge is 0.456 e. The van der Waals surface area contributed by atoms with Crippen molar-refractivity contribution in [2.45, 2.75) is 33.3 Å². The van der Waals surface area contributed by atoms with Gasteiger partial charge in [-0.3, -0.25) is 4.79 Å². The molecule has 0 unspecified atom stereocenters. The van der Waals surface area contributed by atoms with Crippen LogP contribution >= 0.6 is 22.9 Å². The molecule has 0 atom stereocenters. The third kappa shape index (κ3) is 4.09. The van der Waals surface area contributed by atoms with Gasteiger partial charge in [0, 0.05) is 11.3 Å². The quantitative estimate of drug-likeness (QED) is 0.512. The highest BCUT2D eigenvalue weighted by Crippen LogP contribution is 2.33. The fourth-order valence-corrected chi connectivity index (χ4v) is 3.11. The van der Waals surface area contributed by atoms with Crippen LogP contribution in [-0.2, 0) is 4.74 Å². The zero-order valence-corrected chi connectivity index (χ0v) is 14.8. The third-order valence-corrected chi connectivity index (χ3v) is 4.38. The van der Waals surface area contributed by atoms with E-state index in [1.54, 1.807) is 45.9 Å². The predicted octanol–water partition coefficient (Wildman–Crippen LogP) is 4.04. The van der Waals surface area contributed by atoms with E-state index in [-0.39, 0.29) is 0 Å². The van der Waals surface area contributed by atoms with Gasteiger partial charge in [0.05, 0.1) is 11.3 Å². The first-order valence-electron chi connectivity index (χ1n) is 6.89. The van der Waals surface area contributed by atoms with E-state index in [4.69, 9.17) is 22.1 Å². The van der Waals surface area contributed by atoms with Crippen molar-refractivity contribution in [3.05, 3.63) is 34.3 Å². The number of aryl methyl sites for hydroxylation is 1. The van der Waals surface area contributed by atoms with Crippen LogP contribution in [0, 0.1) is 6.92 Å². The fourth-order valence-electron chi connectivity index (χ4n) is 1.92. The number of esters is 1. The summed E-state index contributed by atoms with van der Waals surface area (Å²) in [5.74, 6) is -0.442. The normalized spacial score (nSPS) is 11.3. The SMILES string of the molecule is Cc1nc(-c2ccc(C(=O)OC(C)(C)C)cc2N)sc1C(=O)Cl. The van der Waals surface area contributed by atoms with Gasteiger partial charge in [0.1, 0.15) is 15.5 Å². The summed E-state index contributed by atoms with van der Waals surface area (Å²) in [5, 5.41) is 0.0370. The van der Waals surface area contributed by atoms with Gasteiger partial charge in [-0.15, -0.1) is 11.3 Å². The van der Waals surface area contributed by atoms with E-state index >= 15 is 0 Å². The molecule has 0 aliphatic rings. The van der Waals surface area contributed by atoms with Gasteiger partial charge >= 0.3 is 5.97 Å². The third-order valence-electron chi connectivity index (χ3n) is 2.89. The van der Waals surface area contributed by atoms with Crippen molar-refractivity contribution in [2.75, 3.05) is 5.73 Å². The number of carbonyl (C=O) groups excluding carboxylic acids is 2. The number of carbonyl (C=O) groups is 2. The topological polar surface area (TPSA) is 82.3 Å². The van der Waals surface area contributed by atoms with E-state index in [2.05, 4.69) is 4.98 Å². The smallest absolute Gasteiger partial charge is 0.338 e. The molecule has 0 bridgehead atoms. The molecule has 0 spiro atoms. The molecule has 122 valence electrons. The lowest BCUT2D eigenvalue weighted by molar-refractivity contribution is 0.00695. The Morgan fingerprint density at radius 3 is 2.43 bits per heavy atom. The molecule has 0 aliphatic carbocycles. The van der Waals surface area contributed by atoms with Gasteiger partial charge in [-0.2, -0.15) is 0 Å². The first-order valence-corrected chi connectivity index (χ1v) is 8.08. The summed E-state index contributed by atoms with van der Waals surface area (Å²) >= 11 is 6.69. The fraction of sp³-hybridized carbons (Fsp3) is 0.312. The predicted molar refractivity (Wildman–Crippen MR) is 92.1 cm³/mol. The average molecular weight is 353 g/mol. The van der Waals surface area contributed by atoms with Gasteiger partial charge < -0.3 is 10.5 Å². The van der Waals surface area contributed by atoms with Gasteiger partial charge in [0.2, 0.25) is 0 Å². The van der Waals surface area contributed by atoms with Crippen LogP contribution in [0.15, 0.2) is 18.2 Å². The van der Waals surface area contributed by atoms with Crippen molar-refractivity contribution in [2.24, 2.45) is 0 Å². The summed E-state index contributed by atoms with van der Waals surface area (Å²) in [6.07, 6.45) is 0. The van der Waals surface area contributed by atoms with Crippen LogP contribution in [0.2, 0.25) is 0 Å². The van der Waals surface area contributed by atoms with E-state index in [1.807, 2.05) is 0 Å². The molecule has 1 aromatic heterocycles. The van der Waals surface area contributed by atoms with Crippen molar-refractivity contribution in [3.63, 3.8) is 0 Å². The first-order chi connectivity index (χ1) is 10.6. The van der Waals surface area contributed by atoms with Gasteiger partial charge in [0.15, 0.2) is 0 Å². The van der Waals surface area contributed by atoms with Crippen molar-refractivity contribution in [1.82, 2.24) is 4.98 Å². The Bertz CT molecular complexity index is 778. The Morgan fingerprint density at radius 1 is 1.30 bits per heavy atom. The second kappa shape index (κ2) is 6.29. The molecule has 0 aliphatic heterocycles. The standard InChI is InChI=1S/C16H17ClN2O3S/c1-8-12(13(17)20)23-14(19-8)10-6-5-9(7-11(10)18)15(21)22-16(2,3)4/h5-7H,18H2,1-4H3. The van der Waals surface area contributed by atoms with E-state index in [1.165, 1.54) is 11.3 Å². The highest BCUT2D eigenvalue weighted by atomic mass is 35.5. The molecule has 2 rings (SSSR count). The zero-order valence-electron chi connectivity index (χ0n) is 13.3. The van der Waals surface area contributed by atoms with Gasteiger partial charge in [0.25, 0.3) is 5.24 Å². The maximum Gasteiger partial charge on any atom is 0.338 e. The first kappa shape index (κ1) is 17.4.